The molecule has 1 N–H and O–H groups in total. The standard InChI is InChI=1S/C13H25NS/c1-10-4-3-5-13(11(10)2)14-12-6-8-15-9-7-12/h10-14H,3-9H2,1-2H3/t10-,11-,13+/m1/s1. The highest BCUT2D eigenvalue weighted by Gasteiger charge is 2.28. The lowest BCUT2D eigenvalue weighted by atomic mass is 9.77. The molecule has 1 nitrogen and oxygen atoms in total. The fourth-order valence-corrected chi connectivity index (χ4v) is 4.09. The van der Waals surface area contributed by atoms with Gasteiger partial charge in [-0.15, -0.1) is 0 Å². The van der Waals surface area contributed by atoms with E-state index < -0.39 is 0 Å². The Bertz CT molecular complexity index is 189. The van der Waals surface area contributed by atoms with Gasteiger partial charge in [0, 0.05) is 12.1 Å². The van der Waals surface area contributed by atoms with E-state index in [1.54, 1.807) is 0 Å². The monoisotopic (exact) mass is 227 g/mol. The van der Waals surface area contributed by atoms with E-state index in [-0.39, 0.29) is 0 Å². The molecule has 0 amide bonds. The quantitative estimate of drug-likeness (QED) is 0.777. The van der Waals surface area contributed by atoms with Gasteiger partial charge in [-0.05, 0) is 42.6 Å². The SMILES string of the molecule is C[C@@H]1[C@H](C)CCC[C@@H]1NC1CCSCC1. The molecule has 1 aliphatic heterocycles. The molecular weight excluding hydrogens is 202 g/mol. The molecule has 1 aliphatic carbocycles. The molecule has 1 saturated carbocycles. The van der Waals surface area contributed by atoms with Crippen LogP contribution in [0.5, 0.6) is 0 Å². The third kappa shape index (κ3) is 3.13. The maximum absolute atomic E-state index is 3.92. The molecule has 0 aromatic heterocycles. The summed E-state index contributed by atoms with van der Waals surface area (Å²) in [6.45, 7) is 4.87. The molecule has 2 heteroatoms. The third-order valence-electron chi connectivity index (χ3n) is 4.38. The number of hydrogen-bond acceptors (Lipinski definition) is 2. The summed E-state index contributed by atoms with van der Waals surface area (Å²) in [5.74, 6) is 4.55. The van der Waals surface area contributed by atoms with Gasteiger partial charge in [-0.25, -0.2) is 0 Å². The Morgan fingerprint density at radius 3 is 2.47 bits per heavy atom. The first kappa shape index (κ1) is 11.8. The van der Waals surface area contributed by atoms with Crippen molar-refractivity contribution < 1.29 is 0 Å². The van der Waals surface area contributed by atoms with Crippen LogP contribution < -0.4 is 5.32 Å². The minimum absolute atomic E-state index is 0.807. The van der Waals surface area contributed by atoms with Crippen molar-refractivity contribution in [2.45, 2.75) is 58.0 Å². The molecule has 15 heavy (non-hydrogen) atoms. The normalized spacial score (nSPS) is 39.2. The van der Waals surface area contributed by atoms with Gasteiger partial charge in [-0.3, -0.25) is 0 Å². The van der Waals surface area contributed by atoms with Crippen molar-refractivity contribution in [2.24, 2.45) is 11.8 Å². The average Bonchev–Trinajstić information content (AvgIpc) is 2.26. The topological polar surface area (TPSA) is 12.0 Å². The zero-order chi connectivity index (χ0) is 10.7. The molecule has 2 fully saturated rings. The number of rotatable bonds is 2. The van der Waals surface area contributed by atoms with E-state index in [4.69, 9.17) is 0 Å². The van der Waals surface area contributed by atoms with E-state index in [9.17, 15) is 0 Å². The van der Waals surface area contributed by atoms with E-state index >= 15 is 0 Å². The first-order chi connectivity index (χ1) is 7.27. The van der Waals surface area contributed by atoms with Crippen molar-refractivity contribution in [2.75, 3.05) is 11.5 Å². The van der Waals surface area contributed by atoms with Crippen LogP contribution in [0.2, 0.25) is 0 Å². The van der Waals surface area contributed by atoms with Gasteiger partial charge in [-0.1, -0.05) is 26.7 Å². The van der Waals surface area contributed by atoms with E-state index in [1.165, 1.54) is 43.6 Å². The van der Waals surface area contributed by atoms with Crippen LogP contribution in [-0.2, 0) is 0 Å². The Morgan fingerprint density at radius 1 is 1.00 bits per heavy atom. The molecule has 0 aromatic rings. The lowest BCUT2D eigenvalue weighted by Crippen LogP contribution is -2.46. The lowest BCUT2D eigenvalue weighted by molar-refractivity contribution is 0.191. The summed E-state index contributed by atoms with van der Waals surface area (Å²) < 4.78 is 0. The zero-order valence-corrected chi connectivity index (χ0v) is 11.0. The summed E-state index contributed by atoms with van der Waals surface area (Å²) >= 11 is 2.12. The van der Waals surface area contributed by atoms with Gasteiger partial charge >= 0.3 is 0 Å². The van der Waals surface area contributed by atoms with Gasteiger partial charge in [0.1, 0.15) is 0 Å². The van der Waals surface area contributed by atoms with Crippen LogP contribution in [0, 0.1) is 11.8 Å². The van der Waals surface area contributed by atoms with Crippen molar-refractivity contribution in [3.63, 3.8) is 0 Å². The van der Waals surface area contributed by atoms with Gasteiger partial charge < -0.3 is 5.32 Å². The second-order valence-electron chi connectivity index (χ2n) is 5.43. The molecule has 0 unspecified atom stereocenters. The predicted molar refractivity (Wildman–Crippen MR) is 69.4 cm³/mol. The highest BCUT2D eigenvalue weighted by Crippen LogP contribution is 2.30. The van der Waals surface area contributed by atoms with Crippen LogP contribution in [0.25, 0.3) is 0 Å². The number of hydrogen-bond donors (Lipinski definition) is 1. The van der Waals surface area contributed by atoms with E-state index in [0.717, 1.165) is 23.9 Å². The van der Waals surface area contributed by atoms with Crippen molar-refractivity contribution >= 4 is 11.8 Å². The van der Waals surface area contributed by atoms with E-state index in [0.29, 0.717) is 0 Å². The summed E-state index contributed by atoms with van der Waals surface area (Å²) in [5, 5.41) is 3.92. The number of thioether (sulfide) groups is 1. The van der Waals surface area contributed by atoms with Crippen LogP contribution >= 0.6 is 11.8 Å². The molecule has 0 spiro atoms. The molecule has 0 radical (unpaired) electrons. The Labute approximate surface area is 98.8 Å². The maximum Gasteiger partial charge on any atom is 0.00978 e. The van der Waals surface area contributed by atoms with E-state index in [2.05, 4.69) is 30.9 Å². The first-order valence-corrected chi connectivity index (χ1v) is 7.76. The number of nitrogens with one attached hydrogen (secondary N) is 1. The minimum atomic E-state index is 0.807. The Morgan fingerprint density at radius 2 is 1.73 bits per heavy atom. The van der Waals surface area contributed by atoms with Crippen LogP contribution in [0.1, 0.15) is 46.0 Å². The smallest absolute Gasteiger partial charge is 0.00978 e. The van der Waals surface area contributed by atoms with Crippen molar-refractivity contribution in [1.82, 2.24) is 5.32 Å². The van der Waals surface area contributed by atoms with Gasteiger partial charge in [0.25, 0.3) is 0 Å². The Balaban J connectivity index is 1.81. The lowest BCUT2D eigenvalue weighted by Gasteiger charge is -2.38. The highest BCUT2D eigenvalue weighted by molar-refractivity contribution is 7.99. The van der Waals surface area contributed by atoms with Gasteiger partial charge in [0.05, 0.1) is 0 Å². The molecule has 2 rings (SSSR count). The van der Waals surface area contributed by atoms with Crippen molar-refractivity contribution in [1.29, 1.82) is 0 Å². The van der Waals surface area contributed by atoms with Gasteiger partial charge in [0.15, 0.2) is 0 Å². The molecule has 88 valence electrons. The van der Waals surface area contributed by atoms with Crippen LogP contribution in [0.15, 0.2) is 0 Å². The predicted octanol–water partition coefficient (Wildman–Crippen LogP) is 3.30. The molecule has 2 aliphatic rings. The first-order valence-electron chi connectivity index (χ1n) is 6.61. The van der Waals surface area contributed by atoms with Crippen molar-refractivity contribution in [3.05, 3.63) is 0 Å². The maximum atomic E-state index is 3.92. The third-order valence-corrected chi connectivity index (χ3v) is 5.43. The van der Waals surface area contributed by atoms with Crippen LogP contribution in [0.3, 0.4) is 0 Å². The van der Waals surface area contributed by atoms with Gasteiger partial charge in [0.2, 0.25) is 0 Å². The second-order valence-corrected chi connectivity index (χ2v) is 6.65. The molecule has 0 aromatic carbocycles. The average molecular weight is 227 g/mol. The fourth-order valence-electron chi connectivity index (χ4n) is 2.98. The summed E-state index contributed by atoms with van der Waals surface area (Å²) in [6, 6.07) is 1.63. The molecule has 1 saturated heterocycles. The Kier molecular flexibility index (Phi) is 4.39. The summed E-state index contributed by atoms with van der Waals surface area (Å²) in [7, 11) is 0. The molecule has 0 bridgehead atoms. The fraction of sp³-hybridized carbons (Fsp3) is 1.00. The second kappa shape index (κ2) is 5.58. The molecule has 3 atom stereocenters. The van der Waals surface area contributed by atoms with Crippen molar-refractivity contribution in [3.8, 4) is 0 Å². The highest BCUT2D eigenvalue weighted by atomic mass is 32.2. The van der Waals surface area contributed by atoms with Crippen LogP contribution in [0.4, 0.5) is 0 Å². The largest absolute Gasteiger partial charge is 0.311 e. The molecular formula is C13H25NS. The summed E-state index contributed by atoms with van der Waals surface area (Å²) in [6.07, 6.45) is 7.07. The van der Waals surface area contributed by atoms with Gasteiger partial charge in [-0.2, -0.15) is 11.8 Å². The zero-order valence-electron chi connectivity index (χ0n) is 10.2. The summed E-state index contributed by atoms with van der Waals surface area (Å²) in [4.78, 5) is 0. The van der Waals surface area contributed by atoms with Crippen LogP contribution in [-0.4, -0.2) is 23.6 Å². The van der Waals surface area contributed by atoms with E-state index in [1.807, 2.05) is 0 Å². The molecule has 1 heterocycles. The summed E-state index contributed by atoms with van der Waals surface area (Å²) in [5.41, 5.74) is 0. The Hall–Kier alpha value is 0.310. The minimum Gasteiger partial charge on any atom is -0.311 e.